The maximum absolute atomic E-state index is 13.2. The number of nitrogens with zero attached hydrogens (tertiary/aromatic N) is 4. The molecule has 1 aromatic heterocycles. The number of halogens is 1. The lowest BCUT2D eigenvalue weighted by Crippen LogP contribution is -2.39. The van der Waals surface area contributed by atoms with Gasteiger partial charge in [0.25, 0.3) is 0 Å². The highest BCUT2D eigenvalue weighted by Gasteiger charge is 2.36. The van der Waals surface area contributed by atoms with Gasteiger partial charge in [0.2, 0.25) is 10.0 Å². The van der Waals surface area contributed by atoms with Crippen molar-refractivity contribution in [1.82, 2.24) is 14.3 Å². The Bertz CT molecular complexity index is 819. The second-order valence-corrected chi connectivity index (χ2v) is 7.32. The van der Waals surface area contributed by atoms with Crippen LogP contribution >= 0.6 is 0 Å². The van der Waals surface area contributed by atoms with Gasteiger partial charge in [0.15, 0.2) is 11.1 Å². The Morgan fingerprint density at radius 3 is 2.33 bits per heavy atom. The third-order valence-electron chi connectivity index (χ3n) is 3.66. The van der Waals surface area contributed by atoms with Crippen LogP contribution in [0.1, 0.15) is 30.8 Å². The van der Waals surface area contributed by atoms with Crippen LogP contribution in [0.15, 0.2) is 42.7 Å². The van der Waals surface area contributed by atoms with Crippen LogP contribution in [-0.2, 0) is 10.0 Å². The molecule has 0 N–H and O–H groups in total. The molecule has 0 saturated carbocycles. The summed E-state index contributed by atoms with van der Waals surface area (Å²) < 4.78 is 39.7. The number of hydrogen-bond donors (Lipinski definition) is 0. The van der Waals surface area contributed by atoms with Crippen molar-refractivity contribution in [3.05, 3.63) is 59.9 Å². The fourth-order valence-electron chi connectivity index (χ4n) is 2.33. The maximum Gasteiger partial charge on any atom is 0.231 e. The molecule has 8 heteroatoms. The van der Waals surface area contributed by atoms with Gasteiger partial charge in [-0.25, -0.2) is 22.8 Å². The Hall–Kier alpha value is -2.37. The van der Waals surface area contributed by atoms with E-state index in [1.165, 1.54) is 43.7 Å². The van der Waals surface area contributed by atoms with Crippen molar-refractivity contribution in [1.29, 1.82) is 5.26 Å². The van der Waals surface area contributed by atoms with Gasteiger partial charge in [-0.1, -0.05) is 19.1 Å². The Morgan fingerprint density at radius 1 is 1.25 bits per heavy atom. The lowest BCUT2D eigenvalue weighted by Gasteiger charge is -2.28. The molecular weight excluding hydrogens is 331 g/mol. The second-order valence-electron chi connectivity index (χ2n) is 5.15. The summed E-state index contributed by atoms with van der Waals surface area (Å²) in [6.45, 7) is 1.63. The summed E-state index contributed by atoms with van der Waals surface area (Å²) in [5.74, 6) is -0.177. The monoisotopic (exact) mass is 348 g/mol. The van der Waals surface area contributed by atoms with Crippen molar-refractivity contribution in [2.75, 3.05) is 7.05 Å². The minimum atomic E-state index is -3.91. The standard InChI is InChI=1S/C16H17FN4O2S/c1-3-14(11-18)24(22,23)21(2)15(16-19-9-4-10-20-16)12-5-7-13(17)8-6-12/h4-10,14-15H,3H2,1-2H3/t14-,15-/m0/s1. The first kappa shape index (κ1) is 18.0. The SMILES string of the molecule is CC[C@@H](C#N)S(=O)(=O)N(C)[C@@H](c1ccc(F)cc1)c1ncccn1. The molecule has 0 radical (unpaired) electrons. The lowest BCUT2D eigenvalue weighted by molar-refractivity contribution is 0.400. The first-order valence-corrected chi connectivity index (χ1v) is 8.81. The Kier molecular flexibility index (Phi) is 5.59. The fourth-order valence-corrected chi connectivity index (χ4v) is 3.80. The molecule has 0 amide bonds. The largest absolute Gasteiger partial charge is 0.239 e. The normalized spacial score (nSPS) is 14.1. The summed E-state index contributed by atoms with van der Waals surface area (Å²) in [6, 6.07) is 8.03. The molecule has 2 atom stereocenters. The summed E-state index contributed by atoms with van der Waals surface area (Å²) in [6.07, 6.45) is 3.16. The van der Waals surface area contributed by atoms with Crippen LogP contribution in [0, 0.1) is 17.1 Å². The lowest BCUT2D eigenvalue weighted by atomic mass is 10.1. The molecule has 126 valence electrons. The predicted octanol–water partition coefficient (Wildman–Crippen LogP) is 2.27. The maximum atomic E-state index is 13.2. The van der Waals surface area contributed by atoms with E-state index in [-0.39, 0.29) is 12.2 Å². The van der Waals surface area contributed by atoms with Gasteiger partial charge in [-0.05, 0) is 30.2 Å². The van der Waals surface area contributed by atoms with Crippen LogP contribution < -0.4 is 0 Å². The fraction of sp³-hybridized carbons (Fsp3) is 0.312. The molecule has 2 rings (SSSR count). The van der Waals surface area contributed by atoms with Gasteiger partial charge in [-0.2, -0.15) is 9.57 Å². The molecule has 0 aliphatic heterocycles. The van der Waals surface area contributed by atoms with Crippen molar-refractivity contribution in [2.24, 2.45) is 0 Å². The third-order valence-corrected chi connectivity index (χ3v) is 5.83. The summed E-state index contributed by atoms with van der Waals surface area (Å²) in [5, 5.41) is 7.96. The quantitative estimate of drug-likeness (QED) is 0.799. The van der Waals surface area contributed by atoms with E-state index in [4.69, 9.17) is 5.26 Å². The minimum absolute atomic E-state index is 0.162. The van der Waals surface area contributed by atoms with Gasteiger partial charge >= 0.3 is 0 Å². The molecule has 1 aromatic carbocycles. The van der Waals surface area contributed by atoms with Crippen LogP contribution in [0.4, 0.5) is 4.39 Å². The number of sulfonamides is 1. The number of benzene rings is 1. The molecule has 0 saturated heterocycles. The van der Waals surface area contributed by atoms with Crippen molar-refractivity contribution in [2.45, 2.75) is 24.6 Å². The van der Waals surface area contributed by atoms with Gasteiger partial charge < -0.3 is 0 Å². The average molecular weight is 348 g/mol. The van der Waals surface area contributed by atoms with Crippen molar-refractivity contribution in [3.8, 4) is 6.07 Å². The van der Waals surface area contributed by atoms with E-state index in [0.717, 1.165) is 4.31 Å². The van der Waals surface area contributed by atoms with E-state index in [1.54, 1.807) is 13.0 Å². The van der Waals surface area contributed by atoms with E-state index in [2.05, 4.69) is 9.97 Å². The van der Waals surface area contributed by atoms with Crippen molar-refractivity contribution in [3.63, 3.8) is 0 Å². The molecule has 0 spiro atoms. The number of rotatable bonds is 6. The highest BCUT2D eigenvalue weighted by molar-refractivity contribution is 7.90. The highest BCUT2D eigenvalue weighted by Crippen LogP contribution is 2.29. The first-order chi connectivity index (χ1) is 11.4. The average Bonchev–Trinajstić information content (AvgIpc) is 2.58. The molecule has 1 heterocycles. The third kappa shape index (κ3) is 3.58. The minimum Gasteiger partial charge on any atom is -0.239 e. The zero-order valence-corrected chi connectivity index (χ0v) is 14.1. The van der Waals surface area contributed by atoms with E-state index < -0.39 is 27.1 Å². The Labute approximate surface area is 140 Å². The molecule has 6 nitrogen and oxygen atoms in total. The zero-order chi connectivity index (χ0) is 17.7. The van der Waals surface area contributed by atoms with E-state index in [1.807, 2.05) is 6.07 Å². The van der Waals surface area contributed by atoms with E-state index in [9.17, 15) is 12.8 Å². The Balaban J connectivity index is 2.55. The van der Waals surface area contributed by atoms with Gasteiger partial charge in [-0.15, -0.1) is 0 Å². The summed E-state index contributed by atoms with van der Waals surface area (Å²) in [4.78, 5) is 8.26. The molecule has 24 heavy (non-hydrogen) atoms. The van der Waals surface area contributed by atoms with Crippen LogP contribution in [-0.4, -0.2) is 35.0 Å². The molecule has 0 aliphatic carbocycles. The van der Waals surface area contributed by atoms with Crippen molar-refractivity contribution >= 4 is 10.0 Å². The van der Waals surface area contributed by atoms with Gasteiger partial charge in [-0.3, -0.25) is 0 Å². The van der Waals surface area contributed by atoms with Crippen LogP contribution in [0.2, 0.25) is 0 Å². The topological polar surface area (TPSA) is 87.0 Å². The molecule has 0 unspecified atom stereocenters. The van der Waals surface area contributed by atoms with Gasteiger partial charge in [0.05, 0.1) is 6.07 Å². The first-order valence-electron chi connectivity index (χ1n) is 7.30. The molecule has 0 bridgehead atoms. The van der Waals surface area contributed by atoms with E-state index in [0.29, 0.717) is 5.56 Å². The van der Waals surface area contributed by atoms with Crippen LogP contribution in [0.5, 0.6) is 0 Å². The number of hydrogen-bond acceptors (Lipinski definition) is 5. The number of nitriles is 1. The molecular formula is C16H17FN4O2S. The highest BCUT2D eigenvalue weighted by atomic mass is 32.2. The van der Waals surface area contributed by atoms with Crippen LogP contribution in [0.25, 0.3) is 0 Å². The summed E-state index contributed by atoms with van der Waals surface area (Å²) in [7, 11) is -2.53. The molecule has 0 fully saturated rings. The summed E-state index contributed by atoms with van der Waals surface area (Å²) >= 11 is 0. The second kappa shape index (κ2) is 7.47. The zero-order valence-electron chi connectivity index (χ0n) is 13.3. The smallest absolute Gasteiger partial charge is 0.231 e. The van der Waals surface area contributed by atoms with Crippen LogP contribution in [0.3, 0.4) is 0 Å². The van der Waals surface area contributed by atoms with Crippen molar-refractivity contribution < 1.29 is 12.8 Å². The molecule has 0 aliphatic rings. The van der Waals surface area contributed by atoms with Gasteiger partial charge in [0, 0.05) is 19.4 Å². The van der Waals surface area contributed by atoms with E-state index >= 15 is 0 Å². The summed E-state index contributed by atoms with van der Waals surface area (Å²) in [5.41, 5.74) is 0.515. The Morgan fingerprint density at radius 2 is 1.83 bits per heavy atom. The predicted molar refractivity (Wildman–Crippen MR) is 86.6 cm³/mol. The molecule has 2 aromatic rings. The van der Waals surface area contributed by atoms with Gasteiger partial charge in [0.1, 0.15) is 11.9 Å². The number of aromatic nitrogens is 2.